The largest absolute Gasteiger partial charge is 0.485 e. The molecule has 1 aromatic heterocycles. The lowest BCUT2D eigenvalue weighted by molar-refractivity contribution is -0.116. The Morgan fingerprint density at radius 3 is 2.57 bits per heavy atom. The fraction of sp³-hybridized carbons (Fsp3) is 0.286. The molecular weight excluding hydrogens is 449 g/mol. The predicted molar refractivity (Wildman–Crippen MR) is 120 cm³/mol. The monoisotopic (exact) mass is 467 g/mol. The third-order valence-corrected chi connectivity index (χ3v) is 4.97. The molecular formula is C21H20Cl3N3O3. The Bertz CT molecular complexity index is 1150. The Labute approximate surface area is 188 Å². The minimum atomic E-state index is -2.25. The number of halogens is 3. The van der Waals surface area contributed by atoms with E-state index in [0.717, 1.165) is 15.8 Å². The summed E-state index contributed by atoms with van der Waals surface area (Å²) in [4.78, 5) is 29.6. The summed E-state index contributed by atoms with van der Waals surface area (Å²) in [6.45, 7) is 6.05. The molecule has 0 unspecified atom stereocenters. The number of para-hydroxylation sites is 1. The molecule has 3 rings (SSSR count). The van der Waals surface area contributed by atoms with Crippen molar-refractivity contribution in [2.75, 3.05) is 5.43 Å². The van der Waals surface area contributed by atoms with Crippen molar-refractivity contribution in [3.05, 3.63) is 69.8 Å². The normalized spacial score (nSPS) is 11.7. The molecule has 9 heteroatoms. The number of aromatic nitrogens is 2. The topological polar surface area (TPSA) is 73.2 Å². The number of aryl methyl sites for hydroxylation is 1. The van der Waals surface area contributed by atoms with Gasteiger partial charge in [-0.25, -0.2) is 4.98 Å². The van der Waals surface area contributed by atoms with E-state index in [9.17, 15) is 9.59 Å². The van der Waals surface area contributed by atoms with Crippen LogP contribution < -0.4 is 15.7 Å². The summed E-state index contributed by atoms with van der Waals surface area (Å²) in [5.74, 6) is 0.0794. The highest BCUT2D eigenvalue weighted by atomic mass is 35.6. The second-order valence-corrected chi connectivity index (χ2v) is 9.39. The van der Waals surface area contributed by atoms with Crippen molar-refractivity contribution >= 4 is 51.6 Å². The van der Waals surface area contributed by atoms with Gasteiger partial charge in [0.25, 0.3) is 15.3 Å². The Hall–Kier alpha value is -2.28. The smallest absolute Gasteiger partial charge is 0.291 e. The number of ether oxygens (including phenoxy) is 1. The van der Waals surface area contributed by atoms with Crippen LogP contribution in [0, 0.1) is 6.92 Å². The van der Waals surface area contributed by atoms with Gasteiger partial charge in [-0.1, -0.05) is 78.5 Å². The third kappa shape index (κ3) is 4.89. The first-order valence-electron chi connectivity index (χ1n) is 9.20. The second kappa shape index (κ2) is 8.84. The second-order valence-electron chi connectivity index (χ2n) is 7.11. The van der Waals surface area contributed by atoms with E-state index in [-0.39, 0.29) is 18.3 Å². The van der Waals surface area contributed by atoms with Crippen molar-refractivity contribution in [3.8, 4) is 5.75 Å². The van der Waals surface area contributed by atoms with Crippen molar-refractivity contribution in [3.63, 3.8) is 0 Å². The summed E-state index contributed by atoms with van der Waals surface area (Å²) < 4.78 is 4.69. The van der Waals surface area contributed by atoms with Crippen LogP contribution in [0.3, 0.4) is 0 Å². The van der Waals surface area contributed by atoms with Gasteiger partial charge in [0.05, 0.1) is 10.9 Å². The number of fused-ring (bicyclic) bond motifs is 1. The highest BCUT2D eigenvalue weighted by molar-refractivity contribution is 6.76. The van der Waals surface area contributed by atoms with Crippen molar-refractivity contribution in [2.24, 2.45) is 0 Å². The number of carbonyl (C=O) groups excluding carboxylic acids is 1. The fourth-order valence-electron chi connectivity index (χ4n) is 2.95. The molecule has 1 amide bonds. The van der Waals surface area contributed by atoms with Crippen LogP contribution >= 0.6 is 34.8 Å². The van der Waals surface area contributed by atoms with Crippen LogP contribution in [0.5, 0.6) is 5.75 Å². The first-order valence-corrected chi connectivity index (χ1v) is 10.3. The SMILES string of the molecule is Cc1ccc(OCc2nc3ccccc3c(=O)n2NC(=O)C(Cl)(Cl)Cl)c(C(C)C)c1. The van der Waals surface area contributed by atoms with E-state index in [0.29, 0.717) is 16.7 Å². The van der Waals surface area contributed by atoms with E-state index < -0.39 is 15.3 Å². The molecule has 2 aromatic carbocycles. The first kappa shape index (κ1) is 22.4. The molecule has 0 aliphatic rings. The summed E-state index contributed by atoms with van der Waals surface area (Å²) in [7, 11) is 0. The van der Waals surface area contributed by atoms with Crippen molar-refractivity contribution < 1.29 is 9.53 Å². The highest BCUT2D eigenvalue weighted by Crippen LogP contribution is 2.28. The molecule has 0 aliphatic heterocycles. The van der Waals surface area contributed by atoms with Gasteiger partial charge in [0.2, 0.25) is 0 Å². The molecule has 0 fully saturated rings. The van der Waals surface area contributed by atoms with Gasteiger partial charge in [0.1, 0.15) is 12.4 Å². The minimum Gasteiger partial charge on any atom is -0.485 e. The van der Waals surface area contributed by atoms with E-state index in [2.05, 4.69) is 24.3 Å². The maximum absolute atomic E-state index is 13.0. The molecule has 0 atom stereocenters. The molecule has 0 saturated carbocycles. The maximum Gasteiger partial charge on any atom is 0.291 e. The highest BCUT2D eigenvalue weighted by Gasteiger charge is 2.32. The van der Waals surface area contributed by atoms with Gasteiger partial charge in [-0.3, -0.25) is 15.0 Å². The molecule has 1 heterocycles. The Morgan fingerprint density at radius 2 is 1.90 bits per heavy atom. The zero-order valence-electron chi connectivity index (χ0n) is 16.6. The van der Waals surface area contributed by atoms with E-state index in [1.807, 2.05) is 25.1 Å². The van der Waals surface area contributed by atoms with Gasteiger partial charge >= 0.3 is 0 Å². The predicted octanol–water partition coefficient (Wildman–Crippen LogP) is 4.85. The molecule has 3 aromatic rings. The summed E-state index contributed by atoms with van der Waals surface area (Å²) in [5.41, 5.74) is 4.42. The van der Waals surface area contributed by atoms with Crippen LogP contribution in [-0.4, -0.2) is 19.4 Å². The first-order chi connectivity index (χ1) is 14.1. The van der Waals surface area contributed by atoms with Gasteiger partial charge in [0.15, 0.2) is 5.82 Å². The molecule has 1 N–H and O–H groups in total. The zero-order valence-corrected chi connectivity index (χ0v) is 18.8. The lowest BCUT2D eigenvalue weighted by Crippen LogP contribution is -2.41. The van der Waals surface area contributed by atoms with Crippen LogP contribution in [-0.2, 0) is 11.4 Å². The van der Waals surface area contributed by atoms with Gasteiger partial charge < -0.3 is 4.74 Å². The van der Waals surface area contributed by atoms with Crippen LogP contribution in [0.25, 0.3) is 10.9 Å². The van der Waals surface area contributed by atoms with E-state index in [1.165, 1.54) is 0 Å². The van der Waals surface area contributed by atoms with Crippen molar-refractivity contribution in [1.29, 1.82) is 0 Å². The number of rotatable bonds is 5. The standard InChI is InChI=1S/C21H20Cl3N3O3/c1-12(2)15-10-13(3)8-9-17(15)30-11-18-25-16-7-5-4-6-14(16)19(28)27(18)26-20(29)21(22,23)24/h4-10,12H,11H2,1-3H3,(H,26,29). The van der Waals surface area contributed by atoms with E-state index in [4.69, 9.17) is 39.5 Å². The number of benzene rings is 2. The van der Waals surface area contributed by atoms with Gasteiger partial charge in [-0.15, -0.1) is 0 Å². The average Bonchev–Trinajstić information content (AvgIpc) is 2.68. The van der Waals surface area contributed by atoms with Crippen LogP contribution in [0.2, 0.25) is 0 Å². The molecule has 158 valence electrons. The number of alkyl halides is 3. The Balaban J connectivity index is 2.03. The van der Waals surface area contributed by atoms with E-state index in [1.54, 1.807) is 24.3 Å². The average molecular weight is 469 g/mol. The Kier molecular flexibility index (Phi) is 6.60. The molecule has 0 radical (unpaired) electrons. The minimum absolute atomic E-state index is 0.0804. The van der Waals surface area contributed by atoms with Crippen LogP contribution in [0.1, 0.15) is 36.7 Å². The Morgan fingerprint density at radius 1 is 1.20 bits per heavy atom. The van der Waals surface area contributed by atoms with Gasteiger partial charge in [-0.2, -0.15) is 4.68 Å². The summed E-state index contributed by atoms with van der Waals surface area (Å²) >= 11 is 17.0. The van der Waals surface area contributed by atoms with Gasteiger partial charge in [-0.05, 0) is 36.6 Å². The number of hydrogen-bond acceptors (Lipinski definition) is 4. The lowest BCUT2D eigenvalue weighted by atomic mass is 10.00. The quantitative estimate of drug-likeness (QED) is 0.543. The summed E-state index contributed by atoms with van der Waals surface area (Å²) in [5, 5.41) is 0.309. The number of amides is 1. The fourth-order valence-corrected chi connectivity index (χ4v) is 3.08. The molecule has 30 heavy (non-hydrogen) atoms. The number of nitrogens with zero attached hydrogens (tertiary/aromatic N) is 2. The number of hydrogen-bond donors (Lipinski definition) is 1. The van der Waals surface area contributed by atoms with Gasteiger partial charge in [0, 0.05) is 0 Å². The molecule has 0 bridgehead atoms. The number of carbonyl (C=O) groups is 1. The van der Waals surface area contributed by atoms with E-state index >= 15 is 0 Å². The van der Waals surface area contributed by atoms with Crippen LogP contribution in [0.15, 0.2) is 47.3 Å². The molecule has 0 saturated heterocycles. The molecule has 0 aliphatic carbocycles. The molecule has 6 nitrogen and oxygen atoms in total. The van der Waals surface area contributed by atoms with Crippen molar-refractivity contribution in [2.45, 2.75) is 37.1 Å². The third-order valence-electron chi connectivity index (χ3n) is 4.46. The molecule has 0 spiro atoms. The summed E-state index contributed by atoms with van der Waals surface area (Å²) in [6.07, 6.45) is 0. The van der Waals surface area contributed by atoms with Crippen LogP contribution in [0.4, 0.5) is 0 Å². The zero-order chi connectivity index (χ0) is 22.1. The summed E-state index contributed by atoms with van der Waals surface area (Å²) in [6, 6.07) is 12.6. The lowest BCUT2D eigenvalue weighted by Gasteiger charge is -2.19. The maximum atomic E-state index is 13.0. The number of nitrogens with one attached hydrogen (secondary N) is 1. The van der Waals surface area contributed by atoms with Crippen molar-refractivity contribution in [1.82, 2.24) is 9.66 Å².